The first-order chi connectivity index (χ1) is 13.0. The largest absolute Gasteiger partial charge is 0.382 e. The predicted molar refractivity (Wildman–Crippen MR) is 106 cm³/mol. The lowest BCUT2D eigenvalue weighted by atomic mass is 10.1. The molecule has 8 heteroatoms. The quantitative estimate of drug-likeness (QED) is 0.711. The van der Waals surface area contributed by atoms with E-state index in [0.717, 1.165) is 17.0 Å². The number of halogens is 1. The molecule has 7 nitrogen and oxygen atoms in total. The summed E-state index contributed by atoms with van der Waals surface area (Å²) in [4.78, 5) is 22.5. The van der Waals surface area contributed by atoms with Gasteiger partial charge in [0, 0.05) is 11.8 Å². The van der Waals surface area contributed by atoms with Gasteiger partial charge in [0.15, 0.2) is 0 Å². The smallest absolute Gasteiger partial charge is 0.256 e. The van der Waals surface area contributed by atoms with Gasteiger partial charge in [0.1, 0.15) is 28.7 Å². The molecule has 0 saturated heterocycles. The lowest BCUT2D eigenvalue weighted by Gasteiger charge is -2.26. The standard InChI is InChI=1S/C19H17ClN6O/c1-11-24-16(17-18(21)23-10-14(20)26(11)17)12-5-7-13(8-6-12)19(27)25-15-4-2-3-9-22-15/h2-11,24H,1H3,(H2,21,23)(H,22,25,27)/t11-/m1/s1. The first kappa shape index (κ1) is 17.1. The van der Waals surface area contributed by atoms with E-state index in [1.54, 1.807) is 30.5 Å². The van der Waals surface area contributed by atoms with Crippen LogP contribution in [0.2, 0.25) is 0 Å². The number of nitrogens with one attached hydrogen (secondary N) is 2. The Labute approximate surface area is 161 Å². The Balaban J connectivity index is 1.60. The highest BCUT2D eigenvalue weighted by molar-refractivity contribution is 6.30. The molecule has 2 aliphatic rings. The van der Waals surface area contributed by atoms with Gasteiger partial charge >= 0.3 is 0 Å². The molecular weight excluding hydrogens is 364 g/mol. The van der Waals surface area contributed by atoms with Crippen LogP contribution in [0, 0.1) is 0 Å². The zero-order valence-electron chi connectivity index (χ0n) is 14.5. The molecule has 1 aromatic heterocycles. The molecule has 0 spiro atoms. The van der Waals surface area contributed by atoms with Crippen LogP contribution in [-0.2, 0) is 0 Å². The molecular formula is C19H17ClN6O. The van der Waals surface area contributed by atoms with Crippen LogP contribution in [-0.4, -0.2) is 27.8 Å². The topological polar surface area (TPSA) is 95.6 Å². The van der Waals surface area contributed by atoms with Gasteiger partial charge in [-0.1, -0.05) is 29.8 Å². The van der Waals surface area contributed by atoms with Crippen LogP contribution in [0.25, 0.3) is 5.70 Å². The van der Waals surface area contributed by atoms with Crippen LogP contribution in [0.1, 0.15) is 22.8 Å². The van der Waals surface area contributed by atoms with Gasteiger partial charge in [-0.05, 0) is 36.8 Å². The van der Waals surface area contributed by atoms with E-state index in [4.69, 9.17) is 17.3 Å². The van der Waals surface area contributed by atoms with Gasteiger partial charge in [0.25, 0.3) is 5.91 Å². The molecule has 1 aromatic carbocycles. The number of aromatic nitrogens is 1. The number of anilines is 1. The molecule has 4 N–H and O–H groups in total. The van der Waals surface area contributed by atoms with Gasteiger partial charge in [-0.3, -0.25) is 4.79 Å². The van der Waals surface area contributed by atoms with Crippen molar-refractivity contribution in [1.82, 2.24) is 15.2 Å². The van der Waals surface area contributed by atoms with E-state index < -0.39 is 0 Å². The lowest BCUT2D eigenvalue weighted by molar-refractivity contribution is 0.102. The van der Waals surface area contributed by atoms with Crippen molar-refractivity contribution in [3.8, 4) is 0 Å². The van der Waals surface area contributed by atoms with E-state index in [0.29, 0.717) is 22.4 Å². The van der Waals surface area contributed by atoms with Gasteiger partial charge in [-0.15, -0.1) is 0 Å². The molecule has 0 radical (unpaired) electrons. The minimum absolute atomic E-state index is 0.0556. The average molecular weight is 381 g/mol. The fourth-order valence-electron chi connectivity index (χ4n) is 3.08. The Morgan fingerprint density at radius 3 is 2.74 bits per heavy atom. The molecule has 1 atom stereocenters. The fourth-order valence-corrected chi connectivity index (χ4v) is 3.36. The number of amides is 1. The number of hydrogen-bond acceptors (Lipinski definition) is 6. The summed E-state index contributed by atoms with van der Waals surface area (Å²) in [6, 6.07) is 12.6. The summed E-state index contributed by atoms with van der Waals surface area (Å²) in [5.74, 6) is 0.672. The number of nitrogens with two attached hydrogens (primary N) is 1. The maximum atomic E-state index is 12.4. The van der Waals surface area contributed by atoms with Gasteiger partial charge < -0.3 is 21.3 Å². The molecule has 0 aliphatic carbocycles. The third-order valence-corrected chi connectivity index (χ3v) is 4.62. The monoisotopic (exact) mass is 380 g/mol. The number of hydrogen-bond donors (Lipinski definition) is 3. The number of amidine groups is 1. The molecule has 136 valence electrons. The Morgan fingerprint density at radius 2 is 2.04 bits per heavy atom. The van der Waals surface area contributed by atoms with Crippen molar-refractivity contribution >= 4 is 34.9 Å². The highest BCUT2D eigenvalue weighted by Crippen LogP contribution is 2.34. The zero-order chi connectivity index (χ0) is 19.0. The molecule has 1 amide bonds. The van der Waals surface area contributed by atoms with E-state index in [1.807, 2.05) is 30.0 Å². The summed E-state index contributed by atoms with van der Waals surface area (Å²) in [6.07, 6.45) is 3.10. The summed E-state index contributed by atoms with van der Waals surface area (Å²) >= 11 is 6.27. The molecule has 0 unspecified atom stereocenters. The Morgan fingerprint density at radius 1 is 1.26 bits per heavy atom. The number of pyridine rings is 1. The third kappa shape index (κ3) is 3.13. The third-order valence-electron chi connectivity index (χ3n) is 4.34. The number of fused-ring (bicyclic) bond motifs is 1. The SMILES string of the molecule is C[C@@H]1NC(c2ccc(C(=O)Nc3ccccn3)cc2)=C2C(N)=NC=C(Cl)N21. The van der Waals surface area contributed by atoms with Crippen LogP contribution in [0.5, 0.6) is 0 Å². The molecule has 0 saturated carbocycles. The number of carbonyl (C=O) groups is 1. The maximum Gasteiger partial charge on any atom is 0.256 e. The minimum atomic E-state index is -0.225. The van der Waals surface area contributed by atoms with Crippen LogP contribution in [0.15, 0.2) is 70.7 Å². The highest BCUT2D eigenvalue weighted by Gasteiger charge is 2.34. The van der Waals surface area contributed by atoms with Crippen molar-refractivity contribution in [2.75, 3.05) is 5.32 Å². The van der Waals surface area contributed by atoms with E-state index >= 15 is 0 Å². The van der Waals surface area contributed by atoms with E-state index in [9.17, 15) is 4.79 Å². The van der Waals surface area contributed by atoms with E-state index in [1.165, 1.54) is 6.20 Å². The van der Waals surface area contributed by atoms with Crippen LogP contribution in [0.4, 0.5) is 5.82 Å². The average Bonchev–Trinajstić information content (AvgIpc) is 3.04. The highest BCUT2D eigenvalue weighted by atomic mass is 35.5. The van der Waals surface area contributed by atoms with Crippen molar-refractivity contribution in [3.63, 3.8) is 0 Å². The number of carbonyl (C=O) groups excluding carboxylic acids is 1. The fraction of sp³-hybridized carbons (Fsp3) is 0.105. The molecule has 4 rings (SSSR count). The second kappa shape index (κ2) is 6.77. The van der Waals surface area contributed by atoms with Gasteiger partial charge in [-0.2, -0.15) is 0 Å². The van der Waals surface area contributed by atoms with Crippen molar-refractivity contribution in [1.29, 1.82) is 0 Å². The molecule has 0 bridgehead atoms. The van der Waals surface area contributed by atoms with Crippen molar-refractivity contribution < 1.29 is 4.79 Å². The Kier molecular flexibility index (Phi) is 4.29. The minimum Gasteiger partial charge on any atom is -0.382 e. The predicted octanol–water partition coefficient (Wildman–Crippen LogP) is 2.66. The van der Waals surface area contributed by atoms with Crippen LogP contribution < -0.4 is 16.4 Å². The summed E-state index contributed by atoms with van der Waals surface area (Å²) in [5, 5.41) is 6.63. The summed E-state index contributed by atoms with van der Waals surface area (Å²) in [5.41, 5.74) is 9.05. The first-order valence-corrected chi connectivity index (χ1v) is 8.74. The van der Waals surface area contributed by atoms with Gasteiger partial charge in [0.05, 0.1) is 11.9 Å². The van der Waals surface area contributed by atoms with Crippen LogP contribution >= 0.6 is 11.6 Å². The second-order valence-electron chi connectivity index (χ2n) is 6.13. The van der Waals surface area contributed by atoms with Crippen LogP contribution in [0.3, 0.4) is 0 Å². The summed E-state index contributed by atoms with van der Waals surface area (Å²) in [7, 11) is 0. The van der Waals surface area contributed by atoms with E-state index in [-0.39, 0.29) is 12.1 Å². The summed E-state index contributed by atoms with van der Waals surface area (Å²) < 4.78 is 0. The zero-order valence-corrected chi connectivity index (χ0v) is 15.2. The maximum absolute atomic E-state index is 12.4. The normalized spacial score (nSPS) is 18.4. The number of nitrogens with zero attached hydrogens (tertiary/aromatic N) is 3. The van der Waals surface area contributed by atoms with E-state index in [2.05, 4.69) is 20.6 Å². The van der Waals surface area contributed by atoms with Gasteiger partial charge in [0.2, 0.25) is 0 Å². The number of benzene rings is 1. The Hall–Kier alpha value is -3.32. The van der Waals surface area contributed by atoms with Gasteiger partial charge in [-0.25, -0.2) is 9.98 Å². The van der Waals surface area contributed by atoms with Crippen molar-refractivity contribution in [2.45, 2.75) is 13.1 Å². The molecule has 0 fully saturated rings. The second-order valence-corrected chi connectivity index (χ2v) is 6.51. The van der Waals surface area contributed by atoms with Crippen molar-refractivity contribution in [2.24, 2.45) is 10.7 Å². The number of rotatable bonds is 3. The Bertz CT molecular complexity index is 981. The molecule has 2 aliphatic heterocycles. The summed E-state index contributed by atoms with van der Waals surface area (Å²) in [6.45, 7) is 1.98. The lowest BCUT2D eigenvalue weighted by Crippen LogP contribution is -2.37. The first-order valence-electron chi connectivity index (χ1n) is 8.37. The number of aliphatic imine (C=N–C) groups is 1. The van der Waals surface area contributed by atoms with Crippen molar-refractivity contribution in [3.05, 3.63) is 76.8 Å². The molecule has 2 aromatic rings. The molecule has 27 heavy (non-hydrogen) atoms. The molecule has 3 heterocycles.